The number of likely N-dealkylation sites (tertiary alicyclic amines) is 1. The molecule has 1 unspecified atom stereocenters. The Morgan fingerprint density at radius 1 is 1.21 bits per heavy atom. The van der Waals surface area contributed by atoms with Crippen molar-refractivity contribution in [2.45, 2.75) is 40.0 Å². The number of ether oxygens (including phenoxy) is 1. The fraction of sp³-hybridized carbons (Fsp3) is 0.393. The summed E-state index contributed by atoms with van der Waals surface area (Å²) in [5, 5.41) is 36.1. The van der Waals surface area contributed by atoms with Gasteiger partial charge in [-0.2, -0.15) is 5.96 Å². The van der Waals surface area contributed by atoms with Gasteiger partial charge in [-0.3, -0.25) is 25.4 Å². The van der Waals surface area contributed by atoms with Crippen LogP contribution in [0, 0.1) is 16.0 Å². The number of benzene rings is 2. The maximum Gasteiger partial charge on any atom is 0.269 e. The molecule has 2 heterocycles. The average Bonchev–Trinajstić information content (AvgIpc) is 3.38. The Hall–Kier alpha value is -3.89. The van der Waals surface area contributed by atoms with E-state index < -0.39 is 4.92 Å². The van der Waals surface area contributed by atoms with Crippen molar-refractivity contribution in [3.63, 3.8) is 0 Å². The molecule has 1 aliphatic carbocycles. The van der Waals surface area contributed by atoms with Gasteiger partial charge in [0.25, 0.3) is 5.69 Å². The van der Waals surface area contributed by atoms with E-state index in [2.05, 4.69) is 33.6 Å². The lowest BCUT2D eigenvalue weighted by Crippen LogP contribution is -2.25. The molecule has 10 heteroatoms. The largest absolute Gasteiger partial charge is 0.523 e. The molecular formula is C28H32N6O4-2. The molecule has 0 spiro atoms. The van der Waals surface area contributed by atoms with E-state index in [-0.39, 0.29) is 23.0 Å². The Balaban J connectivity index is 1.32. The van der Waals surface area contributed by atoms with E-state index in [1.165, 1.54) is 18.9 Å². The zero-order chi connectivity index (χ0) is 26.8. The Morgan fingerprint density at radius 2 is 1.95 bits per heavy atom. The maximum absolute atomic E-state index is 12.0. The summed E-state index contributed by atoms with van der Waals surface area (Å²) in [4.78, 5) is 13.9. The Morgan fingerprint density at radius 3 is 2.63 bits per heavy atom. The molecule has 2 aromatic carbocycles. The summed E-state index contributed by atoms with van der Waals surface area (Å²) in [6, 6.07) is 10.3. The topological polar surface area (TPSA) is 120 Å². The second kappa shape index (κ2) is 10.8. The van der Waals surface area contributed by atoms with Crippen molar-refractivity contribution in [2.24, 2.45) is 11.0 Å². The molecule has 0 saturated carbocycles. The normalized spacial score (nSPS) is 19.5. The van der Waals surface area contributed by atoms with E-state index in [0.717, 1.165) is 48.5 Å². The number of nitrogens with zero attached hydrogens (tertiary/aromatic N) is 6. The summed E-state index contributed by atoms with van der Waals surface area (Å²) in [7, 11) is 0. The highest BCUT2D eigenvalue weighted by molar-refractivity contribution is 6.17. The van der Waals surface area contributed by atoms with Gasteiger partial charge in [-0.05, 0) is 87.0 Å². The molecule has 3 aliphatic rings. The number of nitro groups is 1. The first-order valence-electron chi connectivity index (χ1n) is 13.0. The molecule has 1 atom stereocenters. The second-order valence-corrected chi connectivity index (χ2v) is 10.1. The average molecular weight is 517 g/mol. The van der Waals surface area contributed by atoms with Crippen LogP contribution < -0.4 is 9.91 Å². The lowest BCUT2D eigenvalue weighted by molar-refractivity contribution is -0.383. The monoisotopic (exact) mass is 516 g/mol. The van der Waals surface area contributed by atoms with Crippen molar-refractivity contribution in [1.82, 2.24) is 4.90 Å². The predicted molar refractivity (Wildman–Crippen MR) is 149 cm³/mol. The highest BCUT2D eigenvalue weighted by atomic mass is 16.6. The molecule has 0 aromatic heterocycles. The minimum atomic E-state index is -0.489. The fourth-order valence-electron chi connectivity index (χ4n) is 5.46. The molecule has 1 fully saturated rings. The van der Waals surface area contributed by atoms with Crippen LogP contribution in [0.15, 0.2) is 58.7 Å². The minimum Gasteiger partial charge on any atom is -0.523 e. The van der Waals surface area contributed by atoms with Gasteiger partial charge in [-0.15, -0.1) is 0 Å². The molecule has 0 radical (unpaired) electrons. The third kappa shape index (κ3) is 5.51. The van der Waals surface area contributed by atoms with Gasteiger partial charge in [-0.1, -0.05) is 36.4 Å². The number of allylic oxidation sites excluding steroid dienone is 4. The van der Waals surface area contributed by atoms with E-state index in [1.54, 1.807) is 18.2 Å². The molecule has 200 valence electrons. The molecule has 0 amide bonds. The summed E-state index contributed by atoms with van der Waals surface area (Å²) in [6.07, 6.45) is 5.53. The number of rotatable bonds is 7. The summed E-state index contributed by atoms with van der Waals surface area (Å²) in [6.45, 7) is 9.96. The summed E-state index contributed by atoms with van der Waals surface area (Å²) in [5.41, 5.74) is 4.27. The molecule has 5 rings (SSSR count). The Bertz CT molecular complexity index is 1310. The standard InChI is InChI=1S/C28H32N6O4/c1-18-14-19(2)26(20(3)15-18)21-16-24-27(25(17-21)34(36)37)30-28(31-33(24)35)29-22-6-8-23(9-7-22)38-13-12-32-10-4-5-11-32/h6-9,14,16-18,35H,4-5,10-13,15H2,1-3H3/q-2. The molecule has 2 aliphatic heterocycles. The van der Waals surface area contributed by atoms with Gasteiger partial charge in [0.2, 0.25) is 0 Å². The van der Waals surface area contributed by atoms with Crippen LogP contribution >= 0.6 is 0 Å². The number of nitro benzene ring substituents is 1. The van der Waals surface area contributed by atoms with E-state index in [1.807, 2.05) is 26.0 Å². The molecule has 1 N–H and O–H groups in total. The molecule has 0 bridgehead atoms. The van der Waals surface area contributed by atoms with Crippen LogP contribution in [0.2, 0.25) is 0 Å². The van der Waals surface area contributed by atoms with Crippen LogP contribution in [0.3, 0.4) is 0 Å². The quantitative estimate of drug-likeness (QED) is 0.312. The van der Waals surface area contributed by atoms with Crippen LogP contribution in [-0.4, -0.2) is 47.2 Å². The highest BCUT2D eigenvalue weighted by Gasteiger charge is 2.23. The van der Waals surface area contributed by atoms with Gasteiger partial charge in [-0.25, -0.2) is 0 Å². The van der Waals surface area contributed by atoms with E-state index in [0.29, 0.717) is 28.9 Å². The van der Waals surface area contributed by atoms with Gasteiger partial charge in [0, 0.05) is 18.3 Å². The van der Waals surface area contributed by atoms with Crippen molar-refractivity contribution in [2.75, 3.05) is 31.4 Å². The highest BCUT2D eigenvalue weighted by Crippen LogP contribution is 2.48. The number of fused-ring (bicyclic) bond motifs is 1. The lowest BCUT2D eigenvalue weighted by Gasteiger charge is -2.42. The molecule has 38 heavy (non-hydrogen) atoms. The van der Waals surface area contributed by atoms with Crippen molar-refractivity contribution >= 4 is 34.3 Å². The number of hydrogen-bond donors (Lipinski definition) is 1. The fourth-order valence-corrected chi connectivity index (χ4v) is 5.46. The van der Waals surface area contributed by atoms with Gasteiger partial charge in [0.15, 0.2) is 0 Å². The number of anilines is 1. The van der Waals surface area contributed by atoms with Gasteiger partial charge >= 0.3 is 0 Å². The third-order valence-electron chi connectivity index (χ3n) is 7.09. The number of hydrogen-bond acceptors (Lipinski definition) is 7. The number of hydrazone groups is 1. The summed E-state index contributed by atoms with van der Waals surface area (Å²) < 4.78 is 5.83. The van der Waals surface area contributed by atoms with Crippen LogP contribution in [-0.2, 0) is 0 Å². The molecule has 1 saturated heterocycles. The first-order chi connectivity index (χ1) is 18.3. The summed E-state index contributed by atoms with van der Waals surface area (Å²) >= 11 is 0. The molecule has 2 aromatic rings. The van der Waals surface area contributed by atoms with Gasteiger partial charge in [0.1, 0.15) is 12.4 Å². The van der Waals surface area contributed by atoms with Crippen molar-refractivity contribution in [3.8, 4) is 5.75 Å². The van der Waals surface area contributed by atoms with Crippen molar-refractivity contribution in [3.05, 3.63) is 79.9 Å². The Labute approximate surface area is 222 Å². The minimum absolute atomic E-state index is 0.0147. The molecule has 10 nitrogen and oxygen atoms in total. The lowest BCUT2D eigenvalue weighted by atomic mass is 9.83. The van der Waals surface area contributed by atoms with Crippen LogP contribution in [0.25, 0.3) is 16.2 Å². The SMILES string of the molecule is CC1=CC(C)CC(C)=C1c1cc2c(c([N+](=O)[O-])c1)[N-]C([N-]c1ccc(OCCN3CCCC3)cc1)=NN2O. The second-order valence-electron chi connectivity index (χ2n) is 10.1. The Kier molecular flexibility index (Phi) is 7.35. The smallest absolute Gasteiger partial charge is 0.269 e. The third-order valence-corrected chi connectivity index (χ3v) is 7.09. The number of guanidine groups is 1. The van der Waals surface area contributed by atoms with E-state index in [4.69, 9.17) is 4.74 Å². The predicted octanol–water partition coefficient (Wildman–Crippen LogP) is 7.02. The van der Waals surface area contributed by atoms with E-state index >= 15 is 0 Å². The van der Waals surface area contributed by atoms with Crippen molar-refractivity contribution in [1.29, 1.82) is 0 Å². The van der Waals surface area contributed by atoms with E-state index in [9.17, 15) is 15.3 Å². The molecular weight excluding hydrogens is 484 g/mol. The van der Waals surface area contributed by atoms with Crippen LogP contribution in [0.5, 0.6) is 5.75 Å². The van der Waals surface area contributed by atoms with Gasteiger partial charge < -0.3 is 20.5 Å². The zero-order valence-corrected chi connectivity index (χ0v) is 21.9. The van der Waals surface area contributed by atoms with Gasteiger partial charge in [0.05, 0.1) is 10.6 Å². The first kappa shape index (κ1) is 25.7. The van der Waals surface area contributed by atoms with Crippen LogP contribution in [0.4, 0.5) is 22.7 Å². The van der Waals surface area contributed by atoms with Crippen LogP contribution in [0.1, 0.15) is 45.6 Å². The zero-order valence-electron chi connectivity index (χ0n) is 21.9. The van der Waals surface area contributed by atoms with Crippen molar-refractivity contribution < 1.29 is 14.9 Å². The first-order valence-corrected chi connectivity index (χ1v) is 13.0. The summed E-state index contributed by atoms with van der Waals surface area (Å²) in [5.74, 6) is 1.05. The maximum atomic E-state index is 12.0.